The third kappa shape index (κ3) is 4.02. The van der Waals surface area contributed by atoms with Gasteiger partial charge in [-0.05, 0) is 51.1 Å². The van der Waals surface area contributed by atoms with Gasteiger partial charge < -0.3 is 9.64 Å². The maximum absolute atomic E-state index is 12.9. The van der Waals surface area contributed by atoms with E-state index in [1.807, 2.05) is 44.2 Å². The van der Waals surface area contributed by atoms with Crippen molar-refractivity contribution in [3.63, 3.8) is 0 Å². The number of carbonyl (C=O) groups excluding carboxylic acids is 2. The molecule has 0 bridgehead atoms. The van der Waals surface area contributed by atoms with E-state index in [1.165, 1.54) is 6.92 Å². The third-order valence-electron chi connectivity index (χ3n) is 3.85. The molecule has 126 valence electrons. The first-order chi connectivity index (χ1) is 11.4. The molecule has 0 saturated carbocycles. The second-order valence-electron chi connectivity index (χ2n) is 5.95. The first-order valence-corrected chi connectivity index (χ1v) is 7.99. The second-order valence-corrected chi connectivity index (χ2v) is 5.95. The molecule has 2 rings (SSSR count). The van der Waals surface area contributed by atoms with Crippen molar-refractivity contribution in [1.82, 2.24) is 0 Å². The summed E-state index contributed by atoms with van der Waals surface area (Å²) in [7, 11) is 1.56. The number of rotatable bonds is 6. The summed E-state index contributed by atoms with van der Waals surface area (Å²) in [4.78, 5) is 26.3. The van der Waals surface area contributed by atoms with Gasteiger partial charge in [-0.1, -0.05) is 18.2 Å². The molecule has 2 aromatic carbocycles. The summed E-state index contributed by atoms with van der Waals surface area (Å²) in [6.45, 7) is 5.47. The number of benzene rings is 2. The predicted octanol–water partition coefficient (Wildman–Crippen LogP) is 3.88. The monoisotopic (exact) mass is 325 g/mol. The number of amides is 1. The van der Waals surface area contributed by atoms with Crippen LogP contribution in [0.2, 0.25) is 0 Å². The average Bonchev–Trinajstić information content (AvgIpc) is 2.55. The van der Waals surface area contributed by atoms with E-state index in [0.29, 0.717) is 11.3 Å². The molecule has 0 fully saturated rings. The second kappa shape index (κ2) is 7.77. The van der Waals surface area contributed by atoms with Gasteiger partial charge in [0.2, 0.25) is 5.91 Å². The van der Waals surface area contributed by atoms with Crippen molar-refractivity contribution in [3.05, 3.63) is 59.7 Å². The van der Waals surface area contributed by atoms with Crippen molar-refractivity contribution in [3.8, 4) is 5.75 Å². The largest absolute Gasteiger partial charge is 0.496 e. The number of anilines is 1. The maximum atomic E-state index is 12.9. The number of Topliss-reactive ketones (excluding diaryl/α,β-unsaturated/α-hetero) is 1. The molecule has 0 radical (unpaired) electrons. The zero-order chi connectivity index (χ0) is 17.7. The summed E-state index contributed by atoms with van der Waals surface area (Å²) < 4.78 is 5.34. The van der Waals surface area contributed by atoms with Gasteiger partial charge in [0.25, 0.3) is 0 Å². The number of para-hydroxylation sites is 1. The van der Waals surface area contributed by atoms with Gasteiger partial charge in [0, 0.05) is 22.9 Å². The molecule has 4 nitrogen and oxygen atoms in total. The molecule has 1 amide bonds. The van der Waals surface area contributed by atoms with E-state index < -0.39 is 0 Å². The number of hydrogen-bond donors (Lipinski definition) is 0. The van der Waals surface area contributed by atoms with Crippen molar-refractivity contribution >= 4 is 17.4 Å². The quantitative estimate of drug-likeness (QED) is 0.757. The Morgan fingerprint density at radius 3 is 2.29 bits per heavy atom. The lowest BCUT2D eigenvalue weighted by Crippen LogP contribution is -2.38. The van der Waals surface area contributed by atoms with E-state index in [-0.39, 0.29) is 24.2 Å². The summed E-state index contributed by atoms with van der Waals surface area (Å²) in [5.41, 5.74) is 2.16. The van der Waals surface area contributed by atoms with Gasteiger partial charge in [-0.2, -0.15) is 0 Å². The van der Waals surface area contributed by atoms with Crippen LogP contribution in [0.5, 0.6) is 5.75 Å². The van der Waals surface area contributed by atoms with Crippen LogP contribution in [0.25, 0.3) is 0 Å². The van der Waals surface area contributed by atoms with E-state index in [1.54, 1.807) is 30.2 Å². The van der Waals surface area contributed by atoms with Crippen LogP contribution in [-0.4, -0.2) is 24.8 Å². The van der Waals surface area contributed by atoms with Crippen molar-refractivity contribution in [2.45, 2.75) is 33.2 Å². The van der Waals surface area contributed by atoms with Gasteiger partial charge in [0.05, 0.1) is 13.5 Å². The van der Waals surface area contributed by atoms with Crippen LogP contribution in [-0.2, 0) is 11.2 Å². The smallest absolute Gasteiger partial charge is 0.231 e. The summed E-state index contributed by atoms with van der Waals surface area (Å²) in [6.07, 6.45) is 0.178. The van der Waals surface area contributed by atoms with E-state index in [9.17, 15) is 9.59 Å². The fourth-order valence-corrected chi connectivity index (χ4v) is 2.70. The lowest BCUT2D eigenvalue weighted by molar-refractivity contribution is -0.118. The minimum Gasteiger partial charge on any atom is -0.496 e. The van der Waals surface area contributed by atoms with E-state index in [4.69, 9.17) is 4.74 Å². The fraction of sp³-hybridized carbons (Fsp3) is 0.300. The molecular weight excluding hydrogens is 302 g/mol. The van der Waals surface area contributed by atoms with Crippen molar-refractivity contribution in [1.29, 1.82) is 0 Å². The van der Waals surface area contributed by atoms with Crippen LogP contribution < -0.4 is 9.64 Å². The molecule has 0 atom stereocenters. The molecule has 0 aliphatic rings. The van der Waals surface area contributed by atoms with Gasteiger partial charge in [0.15, 0.2) is 5.78 Å². The Hall–Kier alpha value is -2.62. The Labute approximate surface area is 143 Å². The number of ether oxygens (including phenoxy) is 1. The topological polar surface area (TPSA) is 46.6 Å². The SMILES string of the molecule is COc1ccc(C(C)=O)cc1CC(=O)N(c1ccccc1)C(C)C. The number of ketones is 1. The van der Waals surface area contributed by atoms with Crippen LogP contribution in [0.15, 0.2) is 48.5 Å². The molecule has 0 unspecified atom stereocenters. The molecular formula is C20H23NO3. The highest BCUT2D eigenvalue weighted by Gasteiger charge is 2.21. The van der Waals surface area contributed by atoms with Gasteiger partial charge in [-0.15, -0.1) is 0 Å². The van der Waals surface area contributed by atoms with Crippen LogP contribution in [0, 0.1) is 0 Å². The molecule has 0 N–H and O–H groups in total. The zero-order valence-corrected chi connectivity index (χ0v) is 14.6. The van der Waals surface area contributed by atoms with Gasteiger partial charge in [0.1, 0.15) is 5.75 Å². The first kappa shape index (κ1) is 17.7. The maximum Gasteiger partial charge on any atom is 0.231 e. The highest BCUT2D eigenvalue weighted by atomic mass is 16.5. The minimum atomic E-state index is -0.0323. The lowest BCUT2D eigenvalue weighted by atomic mass is 10.0. The summed E-state index contributed by atoms with van der Waals surface area (Å²) in [5.74, 6) is 0.551. The van der Waals surface area contributed by atoms with Crippen molar-refractivity contribution < 1.29 is 14.3 Å². The Kier molecular flexibility index (Phi) is 5.74. The summed E-state index contributed by atoms with van der Waals surface area (Å²) in [6, 6.07) is 14.8. The molecule has 0 spiro atoms. The highest BCUT2D eigenvalue weighted by molar-refractivity contribution is 5.97. The van der Waals surface area contributed by atoms with Crippen LogP contribution in [0.3, 0.4) is 0 Å². The molecule has 2 aromatic rings. The highest BCUT2D eigenvalue weighted by Crippen LogP contribution is 2.24. The molecule has 0 heterocycles. The number of methoxy groups -OCH3 is 1. The summed E-state index contributed by atoms with van der Waals surface area (Å²) >= 11 is 0. The Morgan fingerprint density at radius 2 is 1.75 bits per heavy atom. The Morgan fingerprint density at radius 1 is 1.08 bits per heavy atom. The van der Waals surface area contributed by atoms with Crippen molar-refractivity contribution in [2.75, 3.05) is 12.0 Å². The number of hydrogen-bond acceptors (Lipinski definition) is 3. The fourth-order valence-electron chi connectivity index (χ4n) is 2.70. The zero-order valence-electron chi connectivity index (χ0n) is 14.6. The van der Waals surface area contributed by atoms with Gasteiger partial charge in [-0.25, -0.2) is 0 Å². The minimum absolute atomic E-state index is 0.0295. The third-order valence-corrected chi connectivity index (χ3v) is 3.85. The van der Waals surface area contributed by atoms with Crippen LogP contribution >= 0.6 is 0 Å². The molecule has 24 heavy (non-hydrogen) atoms. The molecule has 0 aliphatic heterocycles. The van der Waals surface area contributed by atoms with Gasteiger partial charge >= 0.3 is 0 Å². The van der Waals surface area contributed by atoms with E-state index in [0.717, 1.165) is 11.3 Å². The standard InChI is InChI=1S/C20H23NO3/c1-14(2)21(18-8-6-5-7-9-18)20(23)13-17-12-16(15(3)22)10-11-19(17)24-4/h5-12,14H,13H2,1-4H3. The first-order valence-electron chi connectivity index (χ1n) is 7.99. The number of nitrogens with zero attached hydrogens (tertiary/aromatic N) is 1. The van der Waals surface area contributed by atoms with Crippen LogP contribution in [0.1, 0.15) is 36.7 Å². The Balaban J connectivity index is 2.33. The Bertz CT molecular complexity index is 723. The normalized spacial score (nSPS) is 10.5. The molecule has 0 aliphatic carbocycles. The van der Waals surface area contributed by atoms with E-state index >= 15 is 0 Å². The van der Waals surface area contributed by atoms with Gasteiger partial charge in [-0.3, -0.25) is 9.59 Å². The predicted molar refractivity (Wildman–Crippen MR) is 95.8 cm³/mol. The number of carbonyl (C=O) groups is 2. The van der Waals surface area contributed by atoms with Crippen molar-refractivity contribution in [2.24, 2.45) is 0 Å². The average molecular weight is 325 g/mol. The van der Waals surface area contributed by atoms with E-state index in [2.05, 4.69) is 0 Å². The molecule has 4 heteroatoms. The molecule has 0 saturated heterocycles. The molecule has 0 aromatic heterocycles. The van der Waals surface area contributed by atoms with Crippen LogP contribution in [0.4, 0.5) is 5.69 Å². The lowest BCUT2D eigenvalue weighted by Gasteiger charge is -2.27. The summed E-state index contributed by atoms with van der Waals surface area (Å²) in [5, 5.41) is 0.